The number of hydrazine groups is 1. The summed E-state index contributed by atoms with van der Waals surface area (Å²) < 4.78 is 24.2. The first-order chi connectivity index (χ1) is 11.8. The van der Waals surface area contributed by atoms with Gasteiger partial charge >= 0.3 is 0 Å². The van der Waals surface area contributed by atoms with E-state index in [1.165, 1.54) is 36.4 Å². The average Bonchev–Trinajstić information content (AvgIpc) is 2.58. The fraction of sp³-hybridized carbons (Fsp3) is 0.125. The zero-order valence-electron chi connectivity index (χ0n) is 12.8. The average molecular weight is 401 g/mol. The highest BCUT2D eigenvalue weighted by Gasteiger charge is 2.17. The lowest BCUT2D eigenvalue weighted by Gasteiger charge is -2.08. The van der Waals surface area contributed by atoms with E-state index < -0.39 is 27.4 Å². The molecule has 0 aliphatic heterocycles. The van der Waals surface area contributed by atoms with Crippen molar-refractivity contribution in [2.75, 3.05) is 5.75 Å². The van der Waals surface area contributed by atoms with Crippen LogP contribution in [0.4, 0.5) is 0 Å². The fourth-order valence-electron chi connectivity index (χ4n) is 1.88. The van der Waals surface area contributed by atoms with E-state index in [4.69, 9.17) is 23.2 Å². The summed E-state index contributed by atoms with van der Waals surface area (Å²) in [6.07, 6.45) is -0.305. The van der Waals surface area contributed by atoms with Gasteiger partial charge in [0.1, 0.15) is 0 Å². The van der Waals surface area contributed by atoms with Crippen LogP contribution in [0.2, 0.25) is 10.0 Å². The summed E-state index contributed by atoms with van der Waals surface area (Å²) in [6, 6.07) is 11.8. The van der Waals surface area contributed by atoms with Crippen LogP contribution in [0.1, 0.15) is 16.8 Å². The molecule has 2 aromatic carbocycles. The maximum absolute atomic E-state index is 12.1. The number of amides is 2. The fourth-order valence-corrected chi connectivity index (χ4v) is 3.43. The lowest BCUT2D eigenvalue weighted by molar-refractivity contribution is -0.121. The molecule has 0 heterocycles. The molecular weight excluding hydrogens is 387 g/mol. The first-order valence-corrected chi connectivity index (χ1v) is 9.52. The van der Waals surface area contributed by atoms with E-state index in [-0.39, 0.29) is 16.9 Å². The largest absolute Gasteiger partial charge is 0.273 e. The molecule has 0 aliphatic carbocycles. The van der Waals surface area contributed by atoms with Crippen molar-refractivity contribution in [3.8, 4) is 0 Å². The van der Waals surface area contributed by atoms with Gasteiger partial charge < -0.3 is 0 Å². The molecular formula is C16H14Cl2N2O4S. The van der Waals surface area contributed by atoms with Crippen molar-refractivity contribution in [2.45, 2.75) is 11.3 Å². The van der Waals surface area contributed by atoms with Gasteiger partial charge in [0.15, 0.2) is 9.84 Å². The molecule has 0 saturated carbocycles. The predicted molar refractivity (Wildman–Crippen MR) is 95.2 cm³/mol. The standard InChI is InChI=1S/C16H14Cl2N2O4S/c17-12-4-6-14(7-5-12)25(23,24)9-8-15(21)19-20-16(22)11-2-1-3-13(18)10-11/h1-7,10H,8-9H2,(H,19,21)(H,20,22). The highest BCUT2D eigenvalue weighted by molar-refractivity contribution is 7.91. The van der Waals surface area contributed by atoms with E-state index in [0.29, 0.717) is 10.0 Å². The van der Waals surface area contributed by atoms with Crippen LogP contribution in [-0.2, 0) is 14.6 Å². The summed E-state index contributed by atoms with van der Waals surface area (Å²) in [7, 11) is -3.62. The van der Waals surface area contributed by atoms with Crippen molar-refractivity contribution in [2.24, 2.45) is 0 Å². The summed E-state index contributed by atoms with van der Waals surface area (Å²) >= 11 is 11.5. The highest BCUT2D eigenvalue weighted by Crippen LogP contribution is 2.16. The van der Waals surface area contributed by atoms with Gasteiger partial charge in [0.25, 0.3) is 5.91 Å². The van der Waals surface area contributed by atoms with Gasteiger partial charge in [-0.3, -0.25) is 20.4 Å². The van der Waals surface area contributed by atoms with Crippen molar-refractivity contribution in [1.82, 2.24) is 10.9 Å². The molecule has 0 unspecified atom stereocenters. The van der Waals surface area contributed by atoms with Gasteiger partial charge in [-0.25, -0.2) is 8.42 Å². The smallest absolute Gasteiger partial charge is 0.269 e. The lowest BCUT2D eigenvalue weighted by atomic mass is 10.2. The quantitative estimate of drug-likeness (QED) is 0.754. The summed E-state index contributed by atoms with van der Waals surface area (Å²) in [5.41, 5.74) is 4.63. The van der Waals surface area contributed by atoms with Crippen LogP contribution in [-0.4, -0.2) is 26.0 Å². The van der Waals surface area contributed by atoms with Crippen molar-refractivity contribution >= 4 is 44.9 Å². The second-order valence-corrected chi connectivity index (χ2v) is 8.02. The molecule has 2 amide bonds. The lowest BCUT2D eigenvalue weighted by Crippen LogP contribution is -2.42. The number of halogens is 2. The summed E-state index contributed by atoms with van der Waals surface area (Å²) in [5, 5.41) is 0.799. The number of benzene rings is 2. The van der Waals surface area contributed by atoms with E-state index >= 15 is 0 Å². The second kappa shape index (κ2) is 8.33. The SMILES string of the molecule is O=C(CCS(=O)(=O)c1ccc(Cl)cc1)NNC(=O)c1cccc(Cl)c1. The third-order valence-corrected chi connectivity index (χ3v) is 5.39. The second-order valence-electron chi connectivity index (χ2n) is 5.04. The number of hydrogen-bond donors (Lipinski definition) is 2. The predicted octanol–water partition coefficient (Wildman–Crippen LogP) is 2.62. The van der Waals surface area contributed by atoms with Crippen LogP contribution >= 0.6 is 23.2 Å². The van der Waals surface area contributed by atoms with Crippen LogP contribution in [0, 0.1) is 0 Å². The van der Waals surface area contributed by atoms with Crippen LogP contribution in [0.3, 0.4) is 0 Å². The van der Waals surface area contributed by atoms with Crippen molar-refractivity contribution < 1.29 is 18.0 Å². The topological polar surface area (TPSA) is 92.3 Å². The normalized spacial score (nSPS) is 11.0. The molecule has 2 N–H and O–H groups in total. The van der Waals surface area contributed by atoms with E-state index in [0.717, 1.165) is 0 Å². The molecule has 2 rings (SSSR count). The molecule has 0 fully saturated rings. The Kier molecular flexibility index (Phi) is 6.41. The Bertz CT molecular complexity index is 883. The Morgan fingerprint density at radius 3 is 2.24 bits per heavy atom. The van der Waals surface area contributed by atoms with Gasteiger partial charge in [-0.1, -0.05) is 29.3 Å². The zero-order chi connectivity index (χ0) is 18.4. The van der Waals surface area contributed by atoms with Gasteiger partial charge in [0.05, 0.1) is 10.6 Å². The number of hydrogen-bond acceptors (Lipinski definition) is 4. The molecule has 132 valence electrons. The van der Waals surface area contributed by atoms with Crippen molar-refractivity contribution in [3.05, 3.63) is 64.1 Å². The van der Waals surface area contributed by atoms with E-state index in [1.807, 2.05) is 0 Å². The highest BCUT2D eigenvalue weighted by atomic mass is 35.5. The summed E-state index contributed by atoms with van der Waals surface area (Å²) in [5.74, 6) is -1.59. The molecule has 0 aliphatic rings. The number of rotatable bonds is 5. The Hall–Kier alpha value is -2.09. The van der Waals surface area contributed by atoms with E-state index in [1.54, 1.807) is 12.1 Å². The molecule has 2 aromatic rings. The van der Waals surface area contributed by atoms with Gasteiger partial charge in [-0.2, -0.15) is 0 Å². The minimum absolute atomic E-state index is 0.0765. The Balaban J connectivity index is 1.86. The van der Waals surface area contributed by atoms with Crippen LogP contribution < -0.4 is 10.9 Å². The molecule has 0 bridgehead atoms. The summed E-state index contributed by atoms with van der Waals surface area (Å²) in [6.45, 7) is 0. The number of carbonyl (C=O) groups is 2. The Morgan fingerprint density at radius 1 is 0.920 bits per heavy atom. The molecule has 0 atom stereocenters. The number of sulfone groups is 1. The Morgan fingerprint density at radius 2 is 1.60 bits per heavy atom. The third-order valence-electron chi connectivity index (χ3n) is 3.17. The first kappa shape index (κ1) is 19.2. The van der Waals surface area contributed by atoms with E-state index in [2.05, 4.69) is 10.9 Å². The monoisotopic (exact) mass is 400 g/mol. The van der Waals surface area contributed by atoms with Crippen molar-refractivity contribution in [1.29, 1.82) is 0 Å². The molecule has 0 spiro atoms. The van der Waals surface area contributed by atoms with Gasteiger partial charge in [-0.15, -0.1) is 0 Å². The molecule has 9 heteroatoms. The van der Waals surface area contributed by atoms with Crippen molar-refractivity contribution in [3.63, 3.8) is 0 Å². The van der Waals surface area contributed by atoms with E-state index in [9.17, 15) is 18.0 Å². The maximum atomic E-state index is 12.1. The first-order valence-electron chi connectivity index (χ1n) is 7.11. The van der Waals surface area contributed by atoms with Gasteiger partial charge in [0.2, 0.25) is 5.91 Å². The minimum atomic E-state index is -3.62. The minimum Gasteiger partial charge on any atom is -0.273 e. The molecule has 0 radical (unpaired) electrons. The van der Waals surface area contributed by atoms with Crippen LogP contribution in [0.15, 0.2) is 53.4 Å². The third kappa shape index (κ3) is 5.74. The number of carbonyl (C=O) groups excluding carboxylic acids is 2. The maximum Gasteiger partial charge on any atom is 0.269 e. The molecule has 6 nitrogen and oxygen atoms in total. The molecule has 0 saturated heterocycles. The molecule has 0 aromatic heterocycles. The number of nitrogens with one attached hydrogen (secondary N) is 2. The van der Waals surface area contributed by atoms with Crippen LogP contribution in [0.5, 0.6) is 0 Å². The summed E-state index contributed by atoms with van der Waals surface area (Å²) in [4.78, 5) is 23.7. The Labute approximate surface area is 155 Å². The van der Waals surface area contributed by atoms with Crippen LogP contribution in [0.25, 0.3) is 0 Å². The van der Waals surface area contributed by atoms with Gasteiger partial charge in [0, 0.05) is 22.0 Å². The molecule has 25 heavy (non-hydrogen) atoms. The van der Waals surface area contributed by atoms with Gasteiger partial charge in [-0.05, 0) is 42.5 Å². The zero-order valence-corrected chi connectivity index (χ0v) is 15.2.